The van der Waals surface area contributed by atoms with Crippen LogP contribution in [0.5, 0.6) is 0 Å². The molecule has 0 amide bonds. The summed E-state index contributed by atoms with van der Waals surface area (Å²) >= 11 is 0. The van der Waals surface area contributed by atoms with Crippen molar-refractivity contribution in [2.24, 2.45) is 11.0 Å². The van der Waals surface area contributed by atoms with Crippen LogP contribution in [0.15, 0.2) is 16.8 Å². The highest BCUT2D eigenvalue weighted by Crippen LogP contribution is 2.30. The Labute approximate surface area is 106 Å². The average Bonchev–Trinajstić information content (AvgIpc) is 2.21. The molecule has 0 N–H and O–H groups in total. The lowest BCUT2D eigenvalue weighted by atomic mass is 9.83. The summed E-state index contributed by atoms with van der Waals surface area (Å²) in [5, 5.41) is 3.55. The van der Waals surface area contributed by atoms with E-state index in [2.05, 4.69) is 10.0 Å². The van der Waals surface area contributed by atoms with E-state index in [0.717, 1.165) is 6.26 Å². The lowest BCUT2D eigenvalue weighted by Crippen LogP contribution is -2.36. The molecule has 0 saturated heterocycles. The minimum absolute atomic E-state index is 0.179. The van der Waals surface area contributed by atoms with Crippen molar-refractivity contribution < 1.29 is 17.4 Å². The predicted molar refractivity (Wildman–Crippen MR) is 65.2 cm³/mol. The van der Waals surface area contributed by atoms with Crippen LogP contribution in [0.4, 0.5) is 0 Å². The van der Waals surface area contributed by atoms with Crippen molar-refractivity contribution in [2.45, 2.75) is 32.4 Å². The first-order valence-corrected chi connectivity index (χ1v) is 7.20. The molecule has 1 rings (SSSR count). The van der Waals surface area contributed by atoms with Gasteiger partial charge in [0.2, 0.25) is 0 Å². The first-order valence-electron chi connectivity index (χ1n) is 5.38. The van der Waals surface area contributed by atoms with E-state index in [1.165, 1.54) is 6.92 Å². The van der Waals surface area contributed by atoms with Gasteiger partial charge in [0.1, 0.15) is 0 Å². The molecule has 3 atom stereocenters. The van der Waals surface area contributed by atoms with Gasteiger partial charge in [0.15, 0.2) is 5.78 Å². The number of nitrogens with zero attached hydrogens (tertiary/aromatic N) is 3. The molecule has 0 aromatic rings. The Hall–Kier alpha value is -1.37. The molecule has 0 aliphatic heterocycles. The largest absolute Gasteiger partial charge is 0.295 e. The third kappa shape index (κ3) is 3.83. The van der Waals surface area contributed by atoms with Crippen LogP contribution in [0.25, 0.3) is 10.4 Å². The Bertz CT molecular complexity index is 519. The highest BCUT2D eigenvalue weighted by molar-refractivity contribution is 7.86. The van der Waals surface area contributed by atoms with E-state index in [0.29, 0.717) is 5.57 Å². The number of carbonyl (C=O) groups is 1. The Kier molecular flexibility index (Phi) is 4.50. The Morgan fingerprint density at radius 2 is 2.22 bits per heavy atom. The molecule has 100 valence electrons. The highest BCUT2D eigenvalue weighted by atomic mass is 32.2. The first kappa shape index (κ1) is 14.7. The fraction of sp³-hybridized carbons (Fsp3) is 0.700. The molecule has 0 radical (unpaired) electrons. The maximum Gasteiger partial charge on any atom is 0.264 e. The van der Waals surface area contributed by atoms with Gasteiger partial charge in [-0.15, -0.1) is 0 Å². The van der Waals surface area contributed by atoms with Crippen molar-refractivity contribution in [3.63, 3.8) is 0 Å². The molecule has 18 heavy (non-hydrogen) atoms. The summed E-state index contributed by atoms with van der Waals surface area (Å²) in [5.74, 6) is -0.485. The van der Waals surface area contributed by atoms with Crippen LogP contribution in [0.3, 0.4) is 0 Å². The van der Waals surface area contributed by atoms with E-state index >= 15 is 0 Å². The van der Waals surface area contributed by atoms with Crippen molar-refractivity contribution in [3.8, 4) is 0 Å². The van der Waals surface area contributed by atoms with Crippen molar-refractivity contribution in [1.29, 1.82) is 0 Å². The zero-order valence-corrected chi connectivity index (χ0v) is 11.2. The lowest BCUT2D eigenvalue weighted by molar-refractivity contribution is -0.114. The number of rotatable bonds is 4. The molecule has 0 fully saturated rings. The lowest BCUT2D eigenvalue weighted by Gasteiger charge is -2.31. The fourth-order valence-electron chi connectivity index (χ4n) is 1.85. The first-order chi connectivity index (χ1) is 8.24. The predicted octanol–water partition coefficient (Wildman–Crippen LogP) is 1.57. The van der Waals surface area contributed by atoms with Crippen LogP contribution in [0, 0.1) is 5.92 Å². The van der Waals surface area contributed by atoms with Gasteiger partial charge in [-0.3, -0.25) is 8.98 Å². The van der Waals surface area contributed by atoms with Crippen LogP contribution in [0.2, 0.25) is 0 Å². The van der Waals surface area contributed by atoms with Crippen LogP contribution >= 0.6 is 0 Å². The van der Waals surface area contributed by atoms with E-state index in [1.807, 2.05) is 0 Å². The van der Waals surface area contributed by atoms with E-state index in [1.54, 1.807) is 13.0 Å². The molecule has 1 aliphatic carbocycles. The minimum atomic E-state index is -3.62. The molecule has 0 aromatic carbocycles. The van der Waals surface area contributed by atoms with E-state index in [-0.39, 0.29) is 18.1 Å². The van der Waals surface area contributed by atoms with Gasteiger partial charge in [-0.2, -0.15) is 8.42 Å². The van der Waals surface area contributed by atoms with Crippen LogP contribution < -0.4 is 0 Å². The fourth-order valence-corrected chi connectivity index (χ4v) is 2.55. The molecule has 0 saturated carbocycles. The molecule has 0 spiro atoms. The van der Waals surface area contributed by atoms with Crippen LogP contribution in [-0.4, -0.2) is 32.6 Å². The monoisotopic (exact) mass is 273 g/mol. The maximum absolute atomic E-state index is 11.4. The number of hydrogen-bond acceptors (Lipinski definition) is 5. The topological polar surface area (TPSA) is 109 Å². The molecule has 0 heterocycles. The summed E-state index contributed by atoms with van der Waals surface area (Å²) in [5.41, 5.74) is 8.89. The SMILES string of the molecule is CC(=O)C1=C[C@H](N=[N+]=[N-])[C@@H](C)[C@H](OS(C)(=O)=O)C1. The molecule has 0 unspecified atom stereocenters. The molecule has 1 aliphatic rings. The van der Waals surface area contributed by atoms with Crippen molar-refractivity contribution in [1.82, 2.24) is 0 Å². The van der Waals surface area contributed by atoms with Gasteiger partial charge in [0, 0.05) is 11.3 Å². The van der Waals surface area contributed by atoms with Gasteiger partial charge >= 0.3 is 0 Å². The smallest absolute Gasteiger partial charge is 0.264 e. The highest BCUT2D eigenvalue weighted by Gasteiger charge is 2.33. The Morgan fingerprint density at radius 1 is 1.61 bits per heavy atom. The molecular formula is C10H15N3O4S. The third-order valence-electron chi connectivity index (χ3n) is 2.85. The third-order valence-corrected chi connectivity index (χ3v) is 3.45. The molecule has 0 bridgehead atoms. The normalized spacial score (nSPS) is 28.2. The second kappa shape index (κ2) is 5.51. The average molecular weight is 273 g/mol. The molecule has 0 aromatic heterocycles. The van der Waals surface area contributed by atoms with E-state index in [9.17, 15) is 13.2 Å². The summed E-state index contributed by atoms with van der Waals surface area (Å²) in [7, 11) is -3.62. The maximum atomic E-state index is 11.4. The van der Waals surface area contributed by atoms with Crippen molar-refractivity contribution >= 4 is 15.9 Å². The van der Waals surface area contributed by atoms with Gasteiger partial charge in [-0.05, 0) is 23.9 Å². The Balaban J connectivity index is 3.06. The quantitative estimate of drug-likeness (QED) is 0.335. The van der Waals surface area contributed by atoms with Gasteiger partial charge < -0.3 is 0 Å². The van der Waals surface area contributed by atoms with E-state index in [4.69, 9.17) is 9.71 Å². The van der Waals surface area contributed by atoms with Crippen LogP contribution in [-0.2, 0) is 19.1 Å². The summed E-state index contributed by atoms with van der Waals surface area (Å²) in [6.45, 7) is 3.11. The minimum Gasteiger partial charge on any atom is -0.295 e. The zero-order valence-electron chi connectivity index (χ0n) is 10.4. The van der Waals surface area contributed by atoms with E-state index < -0.39 is 22.3 Å². The second-order valence-electron chi connectivity index (χ2n) is 4.35. The standard InChI is InChI=1S/C10H15N3O4S/c1-6-9(12-13-11)4-8(7(2)14)5-10(6)17-18(3,15)16/h4,6,9-10H,5H2,1-3H3/t6-,9+,10-/m1/s1. The summed E-state index contributed by atoms with van der Waals surface area (Å²) in [4.78, 5) is 14.1. The number of azide groups is 1. The van der Waals surface area contributed by atoms with Gasteiger partial charge in [0.25, 0.3) is 10.1 Å². The zero-order chi connectivity index (χ0) is 13.9. The summed E-state index contributed by atoms with van der Waals surface area (Å²) < 4.78 is 27.3. The van der Waals surface area contributed by atoms with Crippen molar-refractivity contribution in [2.75, 3.05) is 6.26 Å². The Morgan fingerprint density at radius 3 is 2.67 bits per heavy atom. The number of ketones is 1. The number of Topliss-reactive ketones (excluding diaryl/α,β-unsaturated/α-hetero) is 1. The van der Waals surface area contributed by atoms with Crippen molar-refractivity contribution in [3.05, 3.63) is 22.1 Å². The second-order valence-corrected chi connectivity index (χ2v) is 5.95. The molecule has 8 heteroatoms. The summed E-state index contributed by atoms with van der Waals surface area (Å²) in [6, 6.07) is -0.575. The number of hydrogen-bond donors (Lipinski definition) is 0. The summed E-state index contributed by atoms with van der Waals surface area (Å²) in [6.07, 6.45) is 2.06. The van der Waals surface area contributed by atoms with Gasteiger partial charge in [-0.25, -0.2) is 0 Å². The molecule has 7 nitrogen and oxygen atoms in total. The van der Waals surface area contributed by atoms with Crippen LogP contribution in [0.1, 0.15) is 20.3 Å². The van der Waals surface area contributed by atoms with Gasteiger partial charge in [0.05, 0.1) is 18.4 Å². The molecular weight excluding hydrogens is 258 g/mol. The number of carbonyl (C=O) groups excluding carboxylic acids is 1. The van der Waals surface area contributed by atoms with Gasteiger partial charge in [-0.1, -0.05) is 18.1 Å².